The number of fused-ring (bicyclic) bond motifs is 1. The lowest BCUT2D eigenvalue weighted by atomic mass is 9.79. The minimum atomic E-state index is -0.635. The number of H-pyrrole nitrogens is 1. The number of thioether (sulfide) groups is 1. The third-order valence-electron chi connectivity index (χ3n) is 4.82. The number of thiophene rings is 1. The third-order valence-corrected chi connectivity index (χ3v) is 6.88. The van der Waals surface area contributed by atoms with Crippen LogP contribution in [-0.4, -0.2) is 33.5 Å². The number of hydrogen-bond acceptors (Lipinski definition) is 7. The maximum Gasteiger partial charge on any atom is 0.315 e. The Morgan fingerprint density at radius 1 is 1.38 bits per heavy atom. The van der Waals surface area contributed by atoms with Crippen LogP contribution in [-0.2, 0) is 9.53 Å². The van der Waals surface area contributed by atoms with Gasteiger partial charge in [-0.25, -0.2) is 9.98 Å². The smallest absolute Gasteiger partial charge is 0.315 e. The number of nitrogens with one attached hydrogen (secondary N) is 1. The lowest BCUT2D eigenvalue weighted by molar-refractivity contribution is -0.150. The summed E-state index contributed by atoms with van der Waals surface area (Å²) in [5, 5.41) is 2.55. The van der Waals surface area contributed by atoms with Crippen molar-refractivity contribution >= 4 is 40.6 Å². The average molecular weight is 434 g/mol. The van der Waals surface area contributed by atoms with Crippen LogP contribution < -0.4 is 5.56 Å². The second kappa shape index (κ2) is 9.26. The molecule has 2 aromatic heterocycles. The molecule has 0 saturated carbocycles. The van der Waals surface area contributed by atoms with Crippen molar-refractivity contribution < 1.29 is 9.53 Å². The van der Waals surface area contributed by atoms with Crippen LogP contribution in [0.4, 0.5) is 5.82 Å². The van der Waals surface area contributed by atoms with Gasteiger partial charge in [-0.05, 0) is 51.1 Å². The van der Waals surface area contributed by atoms with Gasteiger partial charge in [0.15, 0.2) is 11.0 Å². The first-order valence-electron chi connectivity index (χ1n) is 9.90. The highest BCUT2D eigenvalue weighted by Gasteiger charge is 2.42. The average Bonchev–Trinajstić information content (AvgIpc) is 3.05. The van der Waals surface area contributed by atoms with E-state index in [0.29, 0.717) is 22.2 Å². The van der Waals surface area contributed by atoms with Crippen LogP contribution in [0.5, 0.6) is 0 Å². The van der Waals surface area contributed by atoms with Crippen molar-refractivity contribution in [2.45, 2.75) is 64.6 Å². The highest BCUT2D eigenvalue weighted by atomic mass is 32.2. The topological polar surface area (TPSA) is 84.4 Å². The molecule has 2 unspecified atom stereocenters. The fourth-order valence-electron chi connectivity index (χ4n) is 3.44. The summed E-state index contributed by atoms with van der Waals surface area (Å²) in [5.41, 5.74) is 1.89. The molecule has 0 aliphatic carbocycles. The zero-order valence-corrected chi connectivity index (χ0v) is 19.1. The van der Waals surface area contributed by atoms with Gasteiger partial charge in [-0.15, -0.1) is 11.3 Å². The number of nitrogens with zero attached hydrogens (tertiary/aromatic N) is 2. The molecule has 2 aromatic rings. The lowest BCUT2D eigenvalue weighted by Crippen LogP contribution is -2.37. The zero-order chi connectivity index (χ0) is 21.1. The number of aromatic nitrogens is 2. The van der Waals surface area contributed by atoms with Crippen LogP contribution in [0, 0.1) is 12.8 Å². The normalized spacial score (nSPS) is 18.5. The molecule has 2 atom stereocenters. The van der Waals surface area contributed by atoms with E-state index >= 15 is 0 Å². The van der Waals surface area contributed by atoms with Crippen LogP contribution in [0.25, 0.3) is 0 Å². The molecule has 0 bridgehead atoms. The fourth-order valence-corrected chi connectivity index (χ4v) is 5.46. The lowest BCUT2D eigenvalue weighted by Gasteiger charge is -2.30. The SMILES string of the molecule is CCCCSc1nc2c(c(=O)[nH]1)C(c1sccc1C)C(C(=O)OC(C)C)C(C)=N2. The highest BCUT2D eigenvalue weighted by molar-refractivity contribution is 7.99. The predicted molar refractivity (Wildman–Crippen MR) is 119 cm³/mol. The van der Waals surface area contributed by atoms with Crippen LogP contribution in [0.3, 0.4) is 0 Å². The number of carbonyl (C=O) groups excluding carboxylic acids is 1. The van der Waals surface area contributed by atoms with E-state index in [0.717, 1.165) is 29.0 Å². The van der Waals surface area contributed by atoms with E-state index in [-0.39, 0.29) is 17.6 Å². The summed E-state index contributed by atoms with van der Waals surface area (Å²) >= 11 is 3.07. The van der Waals surface area contributed by atoms with Gasteiger partial charge in [0.1, 0.15) is 5.92 Å². The van der Waals surface area contributed by atoms with Gasteiger partial charge in [0.25, 0.3) is 5.56 Å². The standard InChI is InChI=1S/C21H27N3O3S2/c1-6-7-9-29-21-23-18-16(19(25)24-21)15(17-12(4)8-10-28-17)14(13(5)22-18)20(26)27-11(2)3/h8,10-11,14-15H,6-7,9H2,1-5H3,(H,23,24,25). The Bertz CT molecular complexity index is 978. The molecule has 29 heavy (non-hydrogen) atoms. The van der Waals surface area contributed by atoms with Crippen LogP contribution in [0.1, 0.15) is 62.5 Å². The van der Waals surface area contributed by atoms with Crippen LogP contribution >= 0.6 is 23.1 Å². The summed E-state index contributed by atoms with van der Waals surface area (Å²) in [6.07, 6.45) is 1.89. The number of aromatic amines is 1. The Hall–Kier alpha value is -1.93. The van der Waals surface area contributed by atoms with E-state index in [1.165, 1.54) is 11.8 Å². The molecule has 156 valence electrons. The summed E-state index contributed by atoms with van der Waals surface area (Å²) in [4.78, 5) is 39.1. The Kier molecular flexibility index (Phi) is 6.95. The first-order chi connectivity index (χ1) is 13.8. The molecule has 0 aromatic carbocycles. The number of unbranched alkanes of at least 4 members (excludes halogenated alkanes) is 1. The summed E-state index contributed by atoms with van der Waals surface area (Å²) in [6.45, 7) is 9.58. The number of carbonyl (C=O) groups is 1. The van der Waals surface area contributed by atoms with E-state index in [2.05, 4.69) is 21.9 Å². The number of esters is 1. The number of hydrogen-bond donors (Lipinski definition) is 1. The van der Waals surface area contributed by atoms with Crippen molar-refractivity contribution in [1.29, 1.82) is 0 Å². The van der Waals surface area contributed by atoms with Gasteiger partial charge in [0.2, 0.25) is 0 Å². The zero-order valence-electron chi connectivity index (χ0n) is 17.4. The number of aliphatic imine (C=N–C) groups is 1. The van der Waals surface area contributed by atoms with Crippen molar-refractivity contribution in [3.8, 4) is 0 Å². The Balaban J connectivity index is 2.12. The second-order valence-electron chi connectivity index (χ2n) is 7.47. The van der Waals surface area contributed by atoms with Gasteiger partial charge in [-0.3, -0.25) is 9.59 Å². The molecule has 0 radical (unpaired) electrons. The van der Waals surface area contributed by atoms with Gasteiger partial charge in [-0.1, -0.05) is 25.1 Å². The maximum atomic E-state index is 13.1. The number of aryl methyl sites for hydroxylation is 1. The quantitative estimate of drug-likeness (QED) is 0.292. The fraction of sp³-hybridized carbons (Fsp3) is 0.524. The molecular weight excluding hydrogens is 406 g/mol. The minimum Gasteiger partial charge on any atom is -0.462 e. The molecule has 0 fully saturated rings. The molecule has 1 aliphatic heterocycles. The number of rotatable bonds is 7. The van der Waals surface area contributed by atoms with Crippen molar-refractivity contribution in [3.05, 3.63) is 37.8 Å². The maximum absolute atomic E-state index is 13.1. The molecule has 6 nitrogen and oxygen atoms in total. The summed E-state index contributed by atoms with van der Waals surface area (Å²) in [6, 6.07) is 2.00. The molecule has 3 heterocycles. The third kappa shape index (κ3) is 4.64. The molecule has 0 spiro atoms. The van der Waals surface area contributed by atoms with Gasteiger partial charge in [-0.2, -0.15) is 0 Å². The molecule has 0 saturated heterocycles. The first-order valence-corrected chi connectivity index (χ1v) is 11.8. The molecule has 8 heteroatoms. The molecule has 0 amide bonds. The highest BCUT2D eigenvalue weighted by Crippen LogP contribution is 2.43. The van der Waals surface area contributed by atoms with E-state index < -0.39 is 11.8 Å². The minimum absolute atomic E-state index is 0.231. The Labute approximate surface area is 179 Å². The van der Waals surface area contributed by atoms with Gasteiger partial charge < -0.3 is 9.72 Å². The largest absolute Gasteiger partial charge is 0.462 e. The molecule has 1 N–H and O–H groups in total. The Morgan fingerprint density at radius 2 is 2.14 bits per heavy atom. The Morgan fingerprint density at radius 3 is 2.76 bits per heavy atom. The molecule has 3 rings (SSSR count). The van der Waals surface area contributed by atoms with E-state index in [1.54, 1.807) is 11.3 Å². The molecule has 1 aliphatic rings. The van der Waals surface area contributed by atoms with Gasteiger partial charge in [0.05, 0.1) is 11.7 Å². The van der Waals surface area contributed by atoms with Crippen LogP contribution in [0.15, 0.2) is 26.4 Å². The second-order valence-corrected chi connectivity index (χ2v) is 9.50. The van der Waals surface area contributed by atoms with E-state index in [4.69, 9.17) is 4.74 Å². The van der Waals surface area contributed by atoms with E-state index in [9.17, 15) is 9.59 Å². The van der Waals surface area contributed by atoms with Crippen LogP contribution in [0.2, 0.25) is 0 Å². The van der Waals surface area contributed by atoms with Crippen molar-refractivity contribution in [2.75, 3.05) is 5.75 Å². The first kappa shape index (κ1) is 21.8. The summed E-state index contributed by atoms with van der Waals surface area (Å²) in [7, 11) is 0. The predicted octanol–water partition coefficient (Wildman–Crippen LogP) is 4.84. The molecular formula is C21H27N3O3S2. The van der Waals surface area contributed by atoms with Gasteiger partial charge >= 0.3 is 5.97 Å². The monoisotopic (exact) mass is 433 g/mol. The van der Waals surface area contributed by atoms with Crippen molar-refractivity contribution in [3.63, 3.8) is 0 Å². The summed E-state index contributed by atoms with van der Waals surface area (Å²) in [5.74, 6) is -0.136. The van der Waals surface area contributed by atoms with Crippen molar-refractivity contribution in [1.82, 2.24) is 9.97 Å². The number of ether oxygens (including phenoxy) is 1. The summed E-state index contributed by atoms with van der Waals surface area (Å²) < 4.78 is 5.52. The van der Waals surface area contributed by atoms with E-state index in [1.807, 2.05) is 39.1 Å². The van der Waals surface area contributed by atoms with Crippen molar-refractivity contribution in [2.24, 2.45) is 10.9 Å². The van der Waals surface area contributed by atoms with Gasteiger partial charge in [0, 0.05) is 22.3 Å².